The molecule has 0 saturated heterocycles. The highest BCUT2D eigenvalue weighted by molar-refractivity contribution is 5.42. The molecule has 1 fully saturated rings. The van der Waals surface area contributed by atoms with Gasteiger partial charge in [0.15, 0.2) is 0 Å². The summed E-state index contributed by atoms with van der Waals surface area (Å²) in [6, 6.07) is 6.38. The third-order valence-electron chi connectivity index (χ3n) is 4.46. The third kappa shape index (κ3) is 1.23. The maximum Gasteiger partial charge on any atom is 0.119 e. The van der Waals surface area contributed by atoms with Crippen LogP contribution < -0.4 is 4.74 Å². The van der Waals surface area contributed by atoms with E-state index in [1.165, 1.54) is 11.1 Å². The summed E-state index contributed by atoms with van der Waals surface area (Å²) in [6.07, 6.45) is 2.14. The van der Waals surface area contributed by atoms with Gasteiger partial charge in [0.2, 0.25) is 0 Å². The van der Waals surface area contributed by atoms with E-state index in [-0.39, 0.29) is 6.10 Å². The van der Waals surface area contributed by atoms with Gasteiger partial charge in [-0.3, -0.25) is 0 Å². The van der Waals surface area contributed by atoms with E-state index in [0.29, 0.717) is 17.8 Å². The van der Waals surface area contributed by atoms with Crippen LogP contribution in [0.3, 0.4) is 0 Å². The minimum atomic E-state index is -0.0932. The predicted octanol–water partition coefficient (Wildman–Crippen LogP) is 2.35. The van der Waals surface area contributed by atoms with Gasteiger partial charge in [-0.15, -0.1) is 0 Å². The van der Waals surface area contributed by atoms with E-state index in [1.54, 1.807) is 7.11 Å². The summed E-state index contributed by atoms with van der Waals surface area (Å²) in [6.45, 7) is 2.15. The average Bonchev–Trinajstić information content (AvgIpc) is 2.35. The fourth-order valence-electron chi connectivity index (χ4n) is 3.48. The monoisotopic (exact) mass is 218 g/mol. The minimum absolute atomic E-state index is 0.0932. The first kappa shape index (κ1) is 10.2. The largest absolute Gasteiger partial charge is 0.497 e. The van der Waals surface area contributed by atoms with Gasteiger partial charge in [0.25, 0.3) is 0 Å². The van der Waals surface area contributed by atoms with E-state index in [1.807, 2.05) is 6.07 Å². The van der Waals surface area contributed by atoms with E-state index in [0.717, 1.165) is 18.6 Å². The average molecular weight is 218 g/mol. The highest BCUT2D eigenvalue weighted by Gasteiger charge is 2.49. The highest BCUT2D eigenvalue weighted by Crippen LogP contribution is 2.53. The molecule has 4 unspecified atom stereocenters. The summed E-state index contributed by atoms with van der Waals surface area (Å²) in [5.41, 5.74) is 2.86. The Balaban J connectivity index is 2.01. The zero-order valence-electron chi connectivity index (χ0n) is 9.81. The molecule has 1 saturated carbocycles. The van der Waals surface area contributed by atoms with Crippen LogP contribution in [-0.2, 0) is 6.42 Å². The molecule has 0 amide bonds. The number of hydrogen-bond acceptors (Lipinski definition) is 2. The van der Waals surface area contributed by atoms with Crippen LogP contribution in [0.5, 0.6) is 5.75 Å². The number of aryl methyl sites for hydroxylation is 1. The Morgan fingerprint density at radius 3 is 2.94 bits per heavy atom. The van der Waals surface area contributed by atoms with Gasteiger partial charge < -0.3 is 9.84 Å². The normalized spacial score (nSPS) is 35.9. The molecule has 4 atom stereocenters. The molecule has 0 aliphatic heterocycles. The van der Waals surface area contributed by atoms with Crippen molar-refractivity contribution in [1.29, 1.82) is 0 Å². The molecule has 2 aliphatic rings. The van der Waals surface area contributed by atoms with Crippen molar-refractivity contribution < 1.29 is 9.84 Å². The first-order chi connectivity index (χ1) is 7.72. The number of rotatable bonds is 1. The van der Waals surface area contributed by atoms with Crippen LogP contribution >= 0.6 is 0 Å². The standard InChI is InChI=1S/C14H18O2/c1-8-13-11(14(8)15)6-4-9-3-5-10(16-2)7-12(9)13/h3,5,7-8,11,13-15H,4,6H2,1-2H3. The van der Waals surface area contributed by atoms with Crippen LogP contribution in [0.25, 0.3) is 0 Å². The molecule has 2 nitrogen and oxygen atoms in total. The van der Waals surface area contributed by atoms with Gasteiger partial charge in [-0.2, -0.15) is 0 Å². The van der Waals surface area contributed by atoms with E-state index >= 15 is 0 Å². The zero-order chi connectivity index (χ0) is 11.3. The van der Waals surface area contributed by atoms with Crippen molar-refractivity contribution >= 4 is 0 Å². The fraction of sp³-hybridized carbons (Fsp3) is 0.571. The Labute approximate surface area is 96.2 Å². The second-order valence-electron chi connectivity index (χ2n) is 5.14. The topological polar surface area (TPSA) is 29.5 Å². The maximum atomic E-state index is 9.93. The molecule has 1 aromatic carbocycles. The smallest absolute Gasteiger partial charge is 0.119 e. The summed E-state index contributed by atoms with van der Waals surface area (Å²) < 4.78 is 5.29. The Kier molecular flexibility index (Phi) is 2.21. The molecule has 0 heterocycles. The maximum absolute atomic E-state index is 9.93. The molecular formula is C14H18O2. The number of fused-ring (bicyclic) bond motifs is 3. The molecule has 86 valence electrons. The summed E-state index contributed by atoms with van der Waals surface area (Å²) in [5.74, 6) is 2.37. The molecule has 3 rings (SSSR count). The van der Waals surface area contributed by atoms with Gasteiger partial charge in [-0.25, -0.2) is 0 Å². The first-order valence-electron chi connectivity index (χ1n) is 6.07. The lowest BCUT2D eigenvalue weighted by atomic mass is 9.55. The van der Waals surface area contributed by atoms with Gasteiger partial charge in [0.05, 0.1) is 13.2 Å². The van der Waals surface area contributed by atoms with Gasteiger partial charge in [-0.1, -0.05) is 13.0 Å². The van der Waals surface area contributed by atoms with Crippen molar-refractivity contribution in [2.75, 3.05) is 7.11 Å². The molecule has 16 heavy (non-hydrogen) atoms. The van der Waals surface area contributed by atoms with Crippen molar-refractivity contribution in [3.05, 3.63) is 29.3 Å². The number of methoxy groups -OCH3 is 1. The molecule has 0 aromatic heterocycles. The fourth-order valence-corrected chi connectivity index (χ4v) is 3.48. The predicted molar refractivity (Wildman–Crippen MR) is 62.7 cm³/mol. The third-order valence-corrected chi connectivity index (χ3v) is 4.46. The molecular weight excluding hydrogens is 200 g/mol. The molecule has 2 heteroatoms. The van der Waals surface area contributed by atoms with Crippen molar-refractivity contribution in [2.24, 2.45) is 11.8 Å². The molecule has 0 spiro atoms. The molecule has 2 aliphatic carbocycles. The van der Waals surface area contributed by atoms with E-state index in [9.17, 15) is 5.11 Å². The van der Waals surface area contributed by atoms with E-state index in [2.05, 4.69) is 19.1 Å². The minimum Gasteiger partial charge on any atom is -0.497 e. The number of aliphatic hydroxyl groups is 1. The second-order valence-corrected chi connectivity index (χ2v) is 5.14. The lowest BCUT2D eigenvalue weighted by Crippen LogP contribution is -2.50. The molecule has 0 radical (unpaired) electrons. The molecule has 1 N–H and O–H groups in total. The van der Waals surface area contributed by atoms with E-state index < -0.39 is 0 Å². The van der Waals surface area contributed by atoms with Crippen LogP contribution in [0.15, 0.2) is 18.2 Å². The van der Waals surface area contributed by atoms with Gasteiger partial charge in [-0.05, 0) is 53.9 Å². The zero-order valence-corrected chi connectivity index (χ0v) is 9.81. The van der Waals surface area contributed by atoms with Crippen LogP contribution in [0.4, 0.5) is 0 Å². The van der Waals surface area contributed by atoms with Crippen LogP contribution in [-0.4, -0.2) is 18.3 Å². The summed E-state index contributed by atoms with van der Waals surface area (Å²) in [5, 5.41) is 9.93. The van der Waals surface area contributed by atoms with Gasteiger partial charge in [0.1, 0.15) is 5.75 Å². The van der Waals surface area contributed by atoms with Crippen molar-refractivity contribution in [1.82, 2.24) is 0 Å². The Morgan fingerprint density at radius 2 is 2.19 bits per heavy atom. The summed E-state index contributed by atoms with van der Waals surface area (Å²) in [4.78, 5) is 0. The number of ether oxygens (including phenoxy) is 1. The van der Waals surface area contributed by atoms with Crippen LogP contribution in [0.2, 0.25) is 0 Å². The van der Waals surface area contributed by atoms with Crippen molar-refractivity contribution in [2.45, 2.75) is 31.8 Å². The lowest BCUT2D eigenvalue weighted by Gasteiger charge is -2.51. The second kappa shape index (κ2) is 3.49. The number of benzene rings is 1. The quantitative estimate of drug-likeness (QED) is 0.784. The molecule has 0 bridgehead atoms. The first-order valence-corrected chi connectivity index (χ1v) is 6.07. The molecule has 1 aromatic rings. The Bertz CT molecular complexity index is 413. The van der Waals surface area contributed by atoms with Gasteiger partial charge in [0, 0.05) is 0 Å². The summed E-state index contributed by atoms with van der Waals surface area (Å²) >= 11 is 0. The van der Waals surface area contributed by atoms with Crippen LogP contribution in [0.1, 0.15) is 30.4 Å². The van der Waals surface area contributed by atoms with Crippen LogP contribution in [0, 0.1) is 11.8 Å². The van der Waals surface area contributed by atoms with E-state index in [4.69, 9.17) is 4.74 Å². The van der Waals surface area contributed by atoms with Crippen molar-refractivity contribution in [3.8, 4) is 5.75 Å². The van der Waals surface area contributed by atoms with Crippen molar-refractivity contribution in [3.63, 3.8) is 0 Å². The lowest BCUT2D eigenvalue weighted by molar-refractivity contribution is -0.0649. The highest BCUT2D eigenvalue weighted by atomic mass is 16.5. The SMILES string of the molecule is COc1ccc2c(c1)C1C(C)C(O)C1CC2. The number of hydrogen-bond donors (Lipinski definition) is 1. The summed E-state index contributed by atoms with van der Waals surface area (Å²) in [7, 11) is 1.71. The number of aliphatic hydroxyl groups excluding tert-OH is 1. The van der Waals surface area contributed by atoms with Gasteiger partial charge >= 0.3 is 0 Å². The Morgan fingerprint density at radius 1 is 1.38 bits per heavy atom. The Hall–Kier alpha value is -1.02.